The van der Waals surface area contributed by atoms with Crippen LogP contribution in [-0.4, -0.2) is 10.2 Å². The van der Waals surface area contributed by atoms with E-state index in [1.54, 1.807) is 0 Å². The van der Waals surface area contributed by atoms with Crippen LogP contribution in [0.25, 0.3) is 4.91 Å². The van der Waals surface area contributed by atoms with E-state index in [2.05, 4.69) is 47.5 Å². The zero-order chi connectivity index (χ0) is 10.8. The maximum atomic E-state index is 4.38. The third-order valence-electron chi connectivity index (χ3n) is 2.61. The highest BCUT2D eigenvalue weighted by molar-refractivity contribution is 8.09. The van der Waals surface area contributed by atoms with Gasteiger partial charge in [-0.3, -0.25) is 4.98 Å². The van der Waals surface area contributed by atoms with E-state index in [-0.39, 0.29) is 0 Å². The molecule has 0 spiro atoms. The molecular formula is C14H11NS. The van der Waals surface area contributed by atoms with E-state index in [1.165, 1.54) is 10.5 Å². The molecule has 1 atom stereocenters. The molecule has 0 saturated heterocycles. The van der Waals surface area contributed by atoms with Gasteiger partial charge in [-0.15, -0.1) is 11.8 Å². The lowest BCUT2D eigenvalue weighted by Gasteiger charge is -2.21. The number of pyridine rings is 1. The molecule has 0 bridgehead atoms. The fourth-order valence-electron chi connectivity index (χ4n) is 1.80. The Morgan fingerprint density at radius 2 is 2.12 bits per heavy atom. The number of nitrogens with zero attached hydrogens (tertiary/aromatic N) is 1. The normalized spacial score (nSPS) is 22.4. The van der Waals surface area contributed by atoms with Gasteiger partial charge in [0, 0.05) is 11.1 Å². The Hall–Kier alpha value is -1.54. The standard InChI is InChI=1S/C14H11NS/c1-2-7-13-11(5-1)8-9-14(16-13)12-6-3-4-10-15-12/h1-10,13H. The number of hydrogen-bond donors (Lipinski definition) is 0. The van der Waals surface area contributed by atoms with Gasteiger partial charge in [-0.05, 0) is 23.8 Å². The third kappa shape index (κ3) is 1.76. The Balaban J connectivity index is 1.95. The van der Waals surface area contributed by atoms with Crippen molar-refractivity contribution in [1.29, 1.82) is 0 Å². The second-order valence-corrected chi connectivity index (χ2v) is 4.88. The van der Waals surface area contributed by atoms with E-state index in [0.717, 1.165) is 5.69 Å². The van der Waals surface area contributed by atoms with Gasteiger partial charge in [0.15, 0.2) is 0 Å². The molecule has 0 aromatic carbocycles. The lowest BCUT2D eigenvalue weighted by atomic mass is 10.1. The van der Waals surface area contributed by atoms with E-state index >= 15 is 0 Å². The van der Waals surface area contributed by atoms with Crippen molar-refractivity contribution in [1.82, 2.24) is 4.98 Å². The number of thioether (sulfide) groups is 1. The summed E-state index contributed by atoms with van der Waals surface area (Å²) in [6, 6.07) is 6.03. The van der Waals surface area contributed by atoms with Crippen LogP contribution in [0.3, 0.4) is 0 Å². The highest BCUT2D eigenvalue weighted by Crippen LogP contribution is 2.39. The van der Waals surface area contributed by atoms with Crippen molar-refractivity contribution in [2.24, 2.45) is 0 Å². The zero-order valence-electron chi connectivity index (χ0n) is 8.71. The van der Waals surface area contributed by atoms with Gasteiger partial charge in [-0.2, -0.15) is 0 Å². The van der Waals surface area contributed by atoms with Gasteiger partial charge in [0.25, 0.3) is 0 Å². The lowest BCUT2D eigenvalue weighted by molar-refractivity contribution is 1.26. The van der Waals surface area contributed by atoms with Crippen LogP contribution in [0.4, 0.5) is 0 Å². The van der Waals surface area contributed by atoms with Gasteiger partial charge in [0.1, 0.15) is 0 Å². The molecule has 0 amide bonds. The molecule has 2 heterocycles. The van der Waals surface area contributed by atoms with Crippen molar-refractivity contribution >= 4 is 16.7 Å². The fourth-order valence-corrected chi connectivity index (χ4v) is 2.92. The van der Waals surface area contributed by atoms with Crippen LogP contribution in [0.2, 0.25) is 0 Å². The number of rotatable bonds is 1. The van der Waals surface area contributed by atoms with Gasteiger partial charge in [0.2, 0.25) is 0 Å². The largest absolute Gasteiger partial charge is 0.256 e. The maximum absolute atomic E-state index is 4.38. The number of fused-ring (bicyclic) bond motifs is 1. The Morgan fingerprint density at radius 1 is 1.12 bits per heavy atom. The van der Waals surface area contributed by atoms with Crippen molar-refractivity contribution in [2.45, 2.75) is 5.25 Å². The monoisotopic (exact) mass is 225 g/mol. The first-order valence-electron chi connectivity index (χ1n) is 5.28. The van der Waals surface area contributed by atoms with Crippen LogP contribution < -0.4 is 0 Å². The summed E-state index contributed by atoms with van der Waals surface area (Å²) >= 11 is 1.86. The van der Waals surface area contributed by atoms with E-state index in [9.17, 15) is 0 Å². The van der Waals surface area contributed by atoms with E-state index < -0.39 is 0 Å². The van der Waals surface area contributed by atoms with E-state index in [0.29, 0.717) is 5.25 Å². The summed E-state index contributed by atoms with van der Waals surface area (Å²) in [6.45, 7) is 0. The Labute approximate surface area is 99.3 Å². The molecule has 3 rings (SSSR count). The van der Waals surface area contributed by atoms with Crippen molar-refractivity contribution in [3.63, 3.8) is 0 Å². The second-order valence-electron chi connectivity index (χ2n) is 3.70. The molecule has 1 aliphatic heterocycles. The van der Waals surface area contributed by atoms with Crippen molar-refractivity contribution in [3.8, 4) is 0 Å². The summed E-state index contributed by atoms with van der Waals surface area (Å²) in [5.74, 6) is 0. The molecule has 1 aliphatic carbocycles. The van der Waals surface area contributed by atoms with Gasteiger partial charge >= 0.3 is 0 Å². The Bertz CT molecular complexity index is 509. The molecule has 1 nitrogen and oxygen atoms in total. The minimum absolute atomic E-state index is 0.451. The van der Waals surface area contributed by atoms with E-state index in [4.69, 9.17) is 0 Å². The van der Waals surface area contributed by atoms with Crippen LogP contribution in [0, 0.1) is 0 Å². The third-order valence-corrected chi connectivity index (χ3v) is 3.90. The Kier molecular flexibility index (Phi) is 2.50. The molecule has 78 valence electrons. The first-order chi connectivity index (χ1) is 7.93. The minimum atomic E-state index is 0.451. The summed E-state index contributed by atoms with van der Waals surface area (Å²) in [7, 11) is 0. The molecule has 0 radical (unpaired) electrons. The van der Waals surface area contributed by atoms with Crippen LogP contribution in [-0.2, 0) is 0 Å². The van der Waals surface area contributed by atoms with E-state index in [1.807, 2.05) is 30.1 Å². The predicted octanol–water partition coefficient (Wildman–Crippen LogP) is 3.59. The summed E-state index contributed by atoms with van der Waals surface area (Å²) in [5.41, 5.74) is 2.43. The smallest absolute Gasteiger partial charge is 0.0765 e. The highest BCUT2D eigenvalue weighted by atomic mass is 32.2. The zero-order valence-corrected chi connectivity index (χ0v) is 9.52. The topological polar surface area (TPSA) is 12.9 Å². The predicted molar refractivity (Wildman–Crippen MR) is 70.0 cm³/mol. The number of aromatic nitrogens is 1. The molecular weight excluding hydrogens is 214 g/mol. The molecule has 1 aromatic heterocycles. The summed E-state index contributed by atoms with van der Waals surface area (Å²) in [6.07, 6.45) is 14.8. The maximum Gasteiger partial charge on any atom is 0.0765 e. The number of hydrogen-bond acceptors (Lipinski definition) is 2. The van der Waals surface area contributed by atoms with Gasteiger partial charge in [-0.25, -0.2) is 0 Å². The Morgan fingerprint density at radius 3 is 3.00 bits per heavy atom. The summed E-state index contributed by atoms with van der Waals surface area (Å²) < 4.78 is 0. The van der Waals surface area contributed by atoms with Gasteiger partial charge < -0.3 is 0 Å². The average Bonchev–Trinajstić information content (AvgIpc) is 2.39. The van der Waals surface area contributed by atoms with Crippen LogP contribution in [0.1, 0.15) is 5.69 Å². The first-order valence-corrected chi connectivity index (χ1v) is 6.16. The summed E-state index contributed by atoms with van der Waals surface area (Å²) in [5, 5.41) is 0.451. The van der Waals surface area contributed by atoms with Crippen molar-refractivity contribution in [2.75, 3.05) is 0 Å². The molecule has 16 heavy (non-hydrogen) atoms. The van der Waals surface area contributed by atoms with Crippen LogP contribution in [0.15, 0.2) is 66.4 Å². The lowest BCUT2D eigenvalue weighted by Crippen LogP contribution is -2.07. The molecule has 0 saturated carbocycles. The van der Waals surface area contributed by atoms with Crippen LogP contribution in [0.5, 0.6) is 0 Å². The highest BCUT2D eigenvalue weighted by Gasteiger charge is 2.18. The van der Waals surface area contributed by atoms with Gasteiger partial charge in [0.05, 0.1) is 10.9 Å². The fraction of sp³-hybridized carbons (Fsp3) is 0.0714. The van der Waals surface area contributed by atoms with Crippen LogP contribution >= 0.6 is 11.8 Å². The minimum Gasteiger partial charge on any atom is -0.256 e. The average molecular weight is 225 g/mol. The molecule has 0 N–H and O–H groups in total. The quantitative estimate of drug-likeness (QED) is 0.724. The van der Waals surface area contributed by atoms with Gasteiger partial charge in [-0.1, -0.05) is 36.4 Å². The molecule has 1 aromatic rings. The molecule has 2 aliphatic rings. The van der Waals surface area contributed by atoms with Crippen molar-refractivity contribution in [3.05, 3.63) is 72.1 Å². The second kappa shape index (κ2) is 4.14. The van der Waals surface area contributed by atoms with Crippen molar-refractivity contribution < 1.29 is 0 Å². The molecule has 1 unspecified atom stereocenters. The summed E-state index contributed by atoms with van der Waals surface area (Å²) in [4.78, 5) is 5.62. The molecule has 2 heteroatoms. The SMILES string of the molecule is C1=CC2=CC=C(c3ccccn3)SC2C=C1. The number of allylic oxidation sites excluding steroid dienone is 5. The molecule has 0 fully saturated rings. The first kappa shape index (κ1) is 9.67.